The monoisotopic (exact) mass is 214 g/mol. The molecule has 0 aromatic heterocycles. The molecule has 0 radical (unpaired) electrons. The molecule has 1 aromatic carbocycles. The highest BCUT2D eigenvalue weighted by molar-refractivity contribution is 5.90. The van der Waals surface area contributed by atoms with Crippen molar-refractivity contribution in [2.24, 2.45) is 0 Å². The summed E-state index contributed by atoms with van der Waals surface area (Å²) in [6, 6.07) is 2.62. The lowest BCUT2D eigenvalue weighted by atomic mass is 10.1. The third kappa shape index (κ3) is 2.85. The number of rotatable bonds is 3. The summed E-state index contributed by atoms with van der Waals surface area (Å²) in [6.45, 7) is -0.674. The van der Waals surface area contributed by atoms with Crippen molar-refractivity contribution >= 4 is 11.5 Å². The first-order valence-corrected chi connectivity index (χ1v) is 4.04. The molecule has 0 saturated heterocycles. The van der Waals surface area contributed by atoms with Crippen LogP contribution < -0.4 is 0 Å². The molecule has 15 heavy (non-hydrogen) atoms. The summed E-state index contributed by atoms with van der Waals surface area (Å²) in [5.41, 5.74) is -0.431. The van der Waals surface area contributed by atoms with Gasteiger partial charge in [-0.3, -0.25) is 0 Å². The molecule has 1 rings (SSSR count). The van der Waals surface area contributed by atoms with Crippen molar-refractivity contribution in [3.8, 4) is 0 Å². The molecule has 0 spiro atoms. The molecule has 0 aliphatic carbocycles. The Morgan fingerprint density at radius 3 is 2.60 bits per heavy atom. The first-order valence-electron chi connectivity index (χ1n) is 4.04. The van der Waals surface area contributed by atoms with Crippen LogP contribution in [-0.2, 0) is 4.79 Å². The van der Waals surface area contributed by atoms with Crippen LogP contribution in [0.3, 0.4) is 0 Å². The van der Waals surface area contributed by atoms with Crippen molar-refractivity contribution in [1.82, 2.24) is 0 Å². The Bertz CT molecular complexity index is 413. The van der Waals surface area contributed by atoms with Gasteiger partial charge in [-0.2, -0.15) is 0 Å². The number of aliphatic hydroxyl groups is 1. The lowest BCUT2D eigenvalue weighted by Gasteiger charge is -2.04. The van der Waals surface area contributed by atoms with Gasteiger partial charge in [0.2, 0.25) is 0 Å². The fourth-order valence-electron chi connectivity index (χ4n) is 1.10. The molecule has 0 fully saturated rings. The maximum atomic E-state index is 13.1. The maximum absolute atomic E-state index is 13.1. The molecule has 0 aliphatic heterocycles. The number of halogens is 2. The van der Waals surface area contributed by atoms with Crippen LogP contribution in [0.25, 0.3) is 5.57 Å². The van der Waals surface area contributed by atoms with Crippen molar-refractivity contribution in [1.29, 1.82) is 0 Å². The zero-order valence-corrected chi connectivity index (χ0v) is 7.58. The molecule has 0 heterocycles. The third-order valence-corrected chi connectivity index (χ3v) is 1.74. The van der Waals surface area contributed by atoms with E-state index in [1.807, 2.05) is 0 Å². The SMILES string of the molecule is O=C(O)/C=C(\CO)c1cc(F)ccc1F. The van der Waals surface area contributed by atoms with Crippen molar-refractivity contribution < 1.29 is 23.8 Å². The second kappa shape index (κ2) is 4.65. The molecule has 0 atom stereocenters. The summed E-state index contributed by atoms with van der Waals surface area (Å²) in [5.74, 6) is -2.81. The van der Waals surface area contributed by atoms with Crippen LogP contribution in [0.5, 0.6) is 0 Å². The predicted octanol–water partition coefficient (Wildman–Crippen LogP) is 1.43. The normalized spacial score (nSPS) is 11.5. The summed E-state index contributed by atoms with van der Waals surface area (Å²) in [4.78, 5) is 10.3. The van der Waals surface area contributed by atoms with E-state index >= 15 is 0 Å². The van der Waals surface area contributed by atoms with E-state index < -0.39 is 24.2 Å². The van der Waals surface area contributed by atoms with Crippen LogP contribution >= 0.6 is 0 Å². The number of carboxylic acid groups (broad SMARTS) is 1. The van der Waals surface area contributed by atoms with E-state index in [0.717, 1.165) is 18.2 Å². The Kier molecular flexibility index (Phi) is 3.51. The number of carboxylic acids is 1. The van der Waals surface area contributed by atoms with Crippen molar-refractivity contribution in [3.63, 3.8) is 0 Å². The van der Waals surface area contributed by atoms with Crippen LogP contribution in [0, 0.1) is 11.6 Å². The van der Waals surface area contributed by atoms with Crippen LogP contribution in [0.2, 0.25) is 0 Å². The highest BCUT2D eigenvalue weighted by atomic mass is 19.1. The van der Waals surface area contributed by atoms with Gasteiger partial charge < -0.3 is 10.2 Å². The zero-order valence-electron chi connectivity index (χ0n) is 7.58. The molecule has 0 unspecified atom stereocenters. The van der Waals surface area contributed by atoms with Gasteiger partial charge in [-0.25, -0.2) is 13.6 Å². The Labute approximate surface area is 84.3 Å². The average molecular weight is 214 g/mol. The minimum Gasteiger partial charge on any atom is -0.478 e. The van der Waals surface area contributed by atoms with E-state index in [0.29, 0.717) is 6.08 Å². The molecule has 1 aromatic rings. The summed E-state index contributed by atoms with van der Waals surface area (Å²) < 4.78 is 25.9. The van der Waals surface area contributed by atoms with Gasteiger partial charge in [-0.1, -0.05) is 0 Å². The molecule has 3 nitrogen and oxygen atoms in total. The summed E-state index contributed by atoms with van der Waals surface area (Å²) in [7, 11) is 0. The standard InChI is InChI=1S/C10H8F2O3/c11-7-1-2-9(12)8(4-7)6(5-13)3-10(14)15/h1-4,13H,5H2,(H,14,15)/b6-3+. The fraction of sp³-hybridized carbons (Fsp3) is 0.100. The first kappa shape index (κ1) is 11.3. The second-order valence-electron chi connectivity index (χ2n) is 2.79. The van der Waals surface area contributed by atoms with E-state index in [2.05, 4.69) is 0 Å². The highest BCUT2D eigenvalue weighted by Gasteiger charge is 2.09. The largest absolute Gasteiger partial charge is 0.478 e. The van der Waals surface area contributed by atoms with Crippen molar-refractivity contribution in [2.45, 2.75) is 0 Å². The van der Waals surface area contributed by atoms with Crippen LogP contribution in [0.15, 0.2) is 24.3 Å². The maximum Gasteiger partial charge on any atom is 0.328 e. The number of hydrogen-bond acceptors (Lipinski definition) is 2. The molecule has 0 amide bonds. The second-order valence-corrected chi connectivity index (χ2v) is 2.79. The van der Waals surface area contributed by atoms with Crippen LogP contribution in [-0.4, -0.2) is 22.8 Å². The number of aliphatic carboxylic acids is 1. The Hall–Kier alpha value is -1.75. The molecular formula is C10H8F2O3. The Morgan fingerprint density at radius 1 is 1.40 bits per heavy atom. The van der Waals surface area contributed by atoms with E-state index in [1.54, 1.807) is 0 Å². The fourth-order valence-corrected chi connectivity index (χ4v) is 1.10. The zero-order chi connectivity index (χ0) is 11.4. The molecular weight excluding hydrogens is 206 g/mol. The smallest absolute Gasteiger partial charge is 0.328 e. The van der Waals surface area contributed by atoms with Gasteiger partial charge in [0.1, 0.15) is 11.6 Å². The minimum absolute atomic E-state index is 0.181. The molecule has 0 bridgehead atoms. The first-order chi connectivity index (χ1) is 7.04. The number of hydrogen-bond donors (Lipinski definition) is 2. The van der Waals surface area contributed by atoms with Crippen LogP contribution in [0.1, 0.15) is 5.56 Å². The molecule has 0 aliphatic rings. The van der Waals surface area contributed by atoms with Crippen molar-refractivity contribution in [3.05, 3.63) is 41.5 Å². The number of benzene rings is 1. The van der Waals surface area contributed by atoms with Gasteiger partial charge in [0.05, 0.1) is 6.61 Å². The summed E-state index contributed by atoms with van der Waals surface area (Å²) in [5, 5.41) is 17.3. The van der Waals surface area contributed by atoms with Gasteiger partial charge >= 0.3 is 5.97 Å². The quantitative estimate of drug-likeness (QED) is 0.748. The summed E-state index contributed by atoms with van der Waals surface area (Å²) >= 11 is 0. The number of aliphatic hydroxyl groups excluding tert-OH is 1. The molecule has 80 valence electrons. The van der Waals surface area contributed by atoms with E-state index in [-0.39, 0.29) is 11.1 Å². The van der Waals surface area contributed by atoms with E-state index in [1.165, 1.54) is 0 Å². The van der Waals surface area contributed by atoms with Gasteiger partial charge in [-0.05, 0) is 23.8 Å². The molecule has 2 N–H and O–H groups in total. The van der Waals surface area contributed by atoms with E-state index in [9.17, 15) is 13.6 Å². The van der Waals surface area contributed by atoms with Gasteiger partial charge in [-0.15, -0.1) is 0 Å². The van der Waals surface area contributed by atoms with Crippen molar-refractivity contribution in [2.75, 3.05) is 6.61 Å². The molecule has 0 saturated carbocycles. The topological polar surface area (TPSA) is 57.5 Å². The highest BCUT2D eigenvalue weighted by Crippen LogP contribution is 2.18. The van der Waals surface area contributed by atoms with Gasteiger partial charge in [0.25, 0.3) is 0 Å². The lowest BCUT2D eigenvalue weighted by molar-refractivity contribution is -0.131. The summed E-state index contributed by atoms with van der Waals surface area (Å²) in [6.07, 6.45) is 0.637. The van der Waals surface area contributed by atoms with E-state index in [4.69, 9.17) is 10.2 Å². The number of carbonyl (C=O) groups is 1. The van der Waals surface area contributed by atoms with Gasteiger partial charge in [0.15, 0.2) is 0 Å². The predicted molar refractivity (Wildman–Crippen MR) is 49.1 cm³/mol. The van der Waals surface area contributed by atoms with Gasteiger partial charge in [0, 0.05) is 11.6 Å². The Morgan fingerprint density at radius 2 is 2.07 bits per heavy atom. The third-order valence-electron chi connectivity index (χ3n) is 1.74. The Balaban J connectivity index is 3.23. The minimum atomic E-state index is -1.33. The molecule has 5 heteroatoms. The lowest BCUT2D eigenvalue weighted by Crippen LogP contribution is -1.99. The van der Waals surface area contributed by atoms with Crippen LogP contribution in [0.4, 0.5) is 8.78 Å². The average Bonchev–Trinajstić information content (AvgIpc) is 2.18.